The molecule has 2 heterocycles. The van der Waals surface area contributed by atoms with Crippen LogP contribution in [0, 0.1) is 0 Å². The summed E-state index contributed by atoms with van der Waals surface area (Å²) in [5.41, 5.74) is 0.979. The van der Waals surface area contributed by atoms with Crippen LogP contribution in [-0.4, -0.2) is 41.0 Å². The quantitative estimate of drug-likeness (QED) is 0.292. The van der Waals surface area contributed by atoms with Gasteiger partial charge in [-0.3, -0.25) is 0 Å². The van der Waals surface area contributed by atoms with E-state index in [0.29, 0.717) is 41.9 Å². The van der Waals surface area contributed by atoms with Crippen LogP contribution in [0.3, 0.4) is 0 Å². The number of fused-ring (bicyclic) bond motifs is 1. The first-order valence-corrected chi connectivity index (χ1v) is 10.9. The molecule has 6 nitrogen and oxygen atoms in total. The van der Waals surface area contributed by atoms with E-state index in [4.69, 9.17) is 21.1 Å². The molecule has 0 fully saturated rings. The summed E-state index contributed by atoms with van der Waals surface area (Å²) in [5, 5.41) is 12.0. The predicted molar refractivity (Wildman–Crippen MR) is 112 cm³/mol. The van der Waals surface area contributed by atoms with Crippen molar-refractivity contribution in [2.45, 2.75) is 12.1 Å². The van der Waals surface area contributed by atoms with Gasteiger partial charge in [-0.25, -0.2) is 14.8 Å². The lowest BCUT2D eigenvalue weighted by molar-refractivity contribution is 0.0529. The van der Waals surface area contributed by atoms with Crippen molar-refractivity contribution in [3.05, 3.63) is 26.5 Å². The van der Waals surface area contributed by atoms with Crippen LogP contribution in [0.25, 0.3) is 21.5 Å². The molecule has 3 rings (SSSR count). The van der Waals surface area contributed by atoms with Crippen molar-refractivity contribution < 1.29 is 19.4 Å². The lowest BCUT2D eigenvalue weighted by Crippen LogP contribution is -2.02. The third-order valence-electron chi connectivity index (χ3n) is 3.65. The fourth-order valence-corrected chi connectivity index (χ4v) is 4.73. The van der Waals surface area contributed by atoms with Gasteiger partial charge in [0.05, 0.1) is 34.3 Å². The Balaban J connectivity index is 2.34. The molecule has 3 aromatic rings. The molecule has 1 aromatic carbocycles. The summed E-state index contributed by atoms with van der Waals surface area (Å²) in [6, 6.07) is 3.41. The molecule has 142 valence electrons. The summed E-state index contributed by atoms with van der Waals surface area (Å²) in [5.74, 6) is -0.254. The van der Waals surface area contributed by atoms with Crippen molar-refractivity contribution in [1.29, 1.82) is 0 Å². The Morgan fingerprint density at radius 2 is 2.15 bits per heavy atom. The predicted octanol–water partition coefficient (Wildman–Crippen LogP) is 5.39. The van der Waals surface area contributed by atoms with Crippen LogP contribution >= 0.6 is 50.6 Å². The third-order valence-corrected chi connectivity index (χ3v) is 6.18. The second-order valence-electron chi connectivity index (χ2n) is 5.21. The summed E-state index contributed by atoms with van der Waals surface area (Å²) in [6.45, 7) is 1.91. The molecule has 0 saturated carbocycles. The van der Waals surface area contributed by atoms with Gasteiger partial charge in [0, 0.05) is 5.56 Å². The van der Waals surface area contributed by atoms with Gasteiger partial charge in [-0.1, -0.05) is 23.4 Å². The second-order valence-corrected chi connectivity index (χ2v) is 8.24. The molecular weight excluding hydrogens is 476 g/mol. The summed E-state index contributed by atoms with van der Waals surface area (Å²) >= 11 is 12.2. The first-order valence-electron chi connectivity index (χ1n) is 7.69. The maximum Gasteiger partial charge on any atom is 0.352 e. The van der Waals surface area contributed by atoms with Crippen LogP contribution in [0.15, 0.2) is 21.8 Å². The number of benzene rings is 1. The normalized spacial score (nSPS) is 11.0. The highest BCUT2D eigenvalue weighted by Gasteiger charge is 2.25. The Morgan fingerprint density at radius 1 is 1.41 bits per heavy atom. The summed E-state index contributed by atoms with van der Waals surface area (Å²) < 4.78 is 11.1. The Morgan fingerprint density at radius 3 is 2.78 bits per heavy atom. The average molecular weight is 490 g/mol. The molecule has 0 saturated heterocycles. The number of hydrogen-bond acceptors (Lipinski definition) is 8. The lowest BCUT2D eigenvalue weighted by Gasteiger charge is -2.11. The van der Waals surface area contributed by atoms with E-state index in [0.717, 1.165) is 11.3 Å². The molecule has 0 aliphatic carbocycles. The molecular formula is C17H14BrClN2O4S2. The number of nitrogens with zero attached hydrogens (tertiary/aromatic N) is 2. The number of thioether (sulfide) groups is 1. The Kier molecular flexibility index (Phi) is 6.15. The van der Waals surface area contributed by atoms with Gasteiger partial charge in [0.2, 0.25) is 0 Å². The zero-order chi connectivity index (χ0) is 19.7. The number of carbonyl (C=O) groups is 1. The second kappa shape index (κ2) is 8.22. The zero-order valence-corrected chi connectivity index (χ0v) is 18.5. The first-order chi connectivity index (χ1) is 12.9. The number of aromatic hydroxyl groups is 1. The summed E-state index contributed by atoms with van der Waals surface area (Å²) in [6.07, 6.45) is 1.84. The van der Waals surface area contributed by atoms with Gasteiger partial charge in [0.25, 0.3) is 0 Å². The van der Waals surface area contributed by atoms with E-state index in [-0.39, 0.29) is 17.2 Å². The molecule has 0 radical (unpaired) electrons. The highest BCUT2D eigenvalue weighted by molar-refractivity contribution is 9.10. The van der Waals surface area contributed by atoms with Gasteiger partial charge < -0.3 is 14.6 Å². The highest BCUT2D eigenvalue weighted by atomic mass is 79.9. The van der Waals surface area contributed by atoms with E-state index < -0.39 is 5.97 Å². The Bertz CT molecular complexity index is 1040. The Labute approximate surface area is 177 Å². The van der Waals surface area contributed by atoms with Crippen molar-refractivity contribution in [2.24, 2.45) is 0 Å². The summed E-state index contributed by atoms with van der Waals surface area (Å²) in [7, 11) is 1.54. The maximum atomic E-state index is 12.2. The molecule has 0 bridgehead atoms. The SMILES string of the molecule is CCOC(=O)c1sc2nc(SC)nc(-c3cc(OC)c(Br)cc3Cl)c2c1O. The van der Waals surface area contributed by atoms with Gasteiger partial charge in [0.15, 0.2) is 15.8 Å². The molecule has 1 N–H and O–H groups in total. The fraction of sp³-hybridized carbons (Fsp3) is 0.235. The monoisotopic (exact) mass is 488 g/mol. The Hall–Kier alpha value is -1.55. The number of esters is 1. The average Bonchev–Trinajstić information content (AvgIpc) is 2.98. The molecule has 0 unspecified atom stereocenters. The smallest absolute Gasteiger partial charge is 0.352 e. The number of aromatic nitrogens is 2. The molecule has 2 aromatic heterocycles. The van der Waals surface area contributed by atoms with E-state index in [1.807, 2.05) is 6.26 Å². The van der Waals surface area contributed by atoms with Crippen molar-refractivity contribution in [1.82, 2.24) is 9.97 Å². The molecule has 10 heteroatoms. The van der Waals surface area contributed by atoms with Gasteiger partial charge in [0.1, 0.15) is 10.6 Å². The molecule has 0 amide bonds. The van der Waals surface area contributed by atoms with E-state index in [1.54, 1.807) is 26.2 Å². The van der Waals surface area contributed by atoms with Gasteiger partial charge in [-0.2, -0.15) is 0 Å². The molecule has 0 spiro atoms. The van der Waals surface area contributed by atoms with Crippen LogP contribution in [0.5, 0.6) is 11.5 Å². The number of rotatable bonds is 5. The standard InChI is InChI=1S/C17H14BrClN2O4S2/c1-4-25-16(23)14-13(22)11-12(20-17(26-3)21-15(11)27-14)7-5-10(24-2)8(18)6-9(7)19/h5-6,22H,4H2,1-3H3. The molecule has 0 atom stereocenters. The van der Waals surface area contributed by atoms with Crippen LogP contribution < -0.4 is 4.74 Å². The minimum Gasteiger partial charge on any atom is -0.505 e. The number of methoxy groups -OCH3 is 1. The van der Waals surface area contributed by atoms with Crippen molar-refractivity contribution in [2.75, 3.05) is 20.0 Å². The minimum atomic E-state index is -0.603. The molecule has 0 aliphatic rings. The van der Waals surface area contributed by atoms with Crippen molar-refractivity contribution >= 4 is 66.8 Å². The van der Waals surface area contributed by atoms with Crippen molar-refractivity contribution in [3.63, 3.8) is 0 Å². The van der Waals surface area contributed by atoms with Crippen LogP contribution in [0.2, 0.25) is 5.02 Å². The van der Waals surface area contributed by atoms with Crippen LogP contribution in [0.1, 0.15) is 16.6 Å². The van der Waals surface area contributed by atoms with E-state index >= 15 is 0 Å². The minimum absolute atomic E-state index is 0.0841. The number of carbonyl (C=O) groups excluding carboxylic acids is 1. The van der Waals surface area contributed by atoms with Gasteiger partial charge in [-0.05, 0) is 41.2 Å². The fourth-order valence-electron chi connectivity index (χ4n) is 2.45. The third kappa shape index (κ3) is 3.73. The van der Waals surface area contributed by atoms with Gasteiger partial charge >= 0.3 is 5.97 Å². The highest BCUT2D eigenvalue weighted by Crippen LogP contribution is 2.45. The van der Waals surface area contributed by atoms with Crippen molar-refractivity contribution in [3.8, 4) is 22.8 Å². The number of thiophene rings is 1. The number of ether oxygens (including phenoxy) is 2. The van der Waals surface area contributed by atoms with Gasteiger partial charge in [-0.15, -0.1) is 11.3 Å². The molecule has 0 aliphatic heterocycles. The van der Waals surface area contributed by atoms with Crippen LogP contribution in [0.4, 0.5) is 0 Å². The zero-order valence-electron chi connectivity index (χ0n) is 14.5. The first kappa shape index (κ1) is 20.2. The topological polar surface area (TPSA) is 81.5 Å². The van der Waals surface area contributed by atoms with E-state index in [2.05, 4.69) is 25.9 Å². The lowest BCUT2D eigenvalue weighted by atomic mass is 10.1. The largest absolute Gasteiger partial charge is 0.505 e. The summed E-state index contributed by atoms with van der Waals surface area (Å²) in [4.78, 5) is 21.7. The van der Waals surface area contributed by atoms with E-state index in [1.165, 1.54) is 11.8 Å². The molecule has 27 heavy (non-hydrogen) atoms. The van der Waals surface area contributed by atoms with Crippen LogP contribution in [-0.2, 0) is 4.74 Å². The maximum absolute atomic E-state index is 12.2. The number of halogens is 2. The van der Waals surface area contributed by atoms with E-state index in [9.17, 15) is 9.90 Å². The number of hydrogen-bond donors (Lipinski definition) is 1.